The smallest absolute Gasteiger partial charge is 0.223 e. The molecule has 3 heterocycles. The maximum Gasteiger partial charge on any atom is 0.223 e. The molecule has 1 aliphatic heterocycles. The maximum absolute atomic E-state index is 12.0. The molecule has 0 radical (unpaired) electrons. The highest BCUT2D eigenvalue weighted by molar-refractivity contribution is 5.30. The molecule has 0 bridgehead atoms. The Bertz CT molecular complexity index is 719. The van der Waals surface area contributed by atoms with Crippen LogP contribution in [0.3, 0.4) is 0 Å². The molecule has 1 N–H and O–H groups in total. The van der Waals surface area contributed by atoms with E-state index in [0.717, 1.165) is 24.5 Å². The minimum atomic E-state index is -0.299. The van der Waals surface area contributed by atoms with Crippen LogP contribution in [-0.2, 0) is 13.1 Å². The van der Waals surface area contributed by atoms with Crippen LogP contribution in [0, 0.1) is 6.92 Å². The monoisotopic (exact) mass is 313 g/mol. The predicted molar refractivity (Wildman–Crippen MR) is 89.6 cm³/mol. The van der Waals surface area contributed by atoms with Crippen molar-refractivity contribution in [3.63, 3.8) is 0 Å². The van der Waals surface area contributed by atoms with Crippen molar-refractivity contribution in [3.05, 3.63) is 57.8 Å². The fourth-order valence-corrected chi connectivity index (χ4v) is 3.18. The highest BCUT2D eigenvalue weighted by Gasteiger charge is 2.18. The van der Waals surface area contributed by atoms with Crippen molar-refractivity contribution in [2.45, 2.75) is 39.3 Å². The van der Waals surface area contributed by atoms with E-state index in [9.17, 15) is 9.90 Å². The summed E-state index contributed by atoms with van der Waals surface area (Å²) in [5.74, 6) is -0.128. The summed E-state index contributed by atoms with van der Waals surface area (Å²) in [6.07, 6.45) is 5.38. The Morgan fingerprint density at radius 2 is 1.96 bits per heavy atom. The molecule has 23 heavy (non-hydrogen) atoms. The lowest BCUT2D eigenvalue weighted by molar-refractivity contribution is 0.212. The van der Waals surface area contributed by atoms with Crippen LogP contribution in [0.1, 0.15) is 36.3 Å². The summed E-state index contributed by atoms with van der Waals surface area (Å²) in [6, 6.07) is 7.29. The largest absolute Gasteiger partial charge is 0.503 e. The Morgan fingerprint density at radius 1 is 1.17 bits per heavy atom. The third-order valence-electron chi connectivity index (χ3n) is 4.47. The van der Waals surface area contributed by atoms with E-state index < -0.39 is 0 Å². The Balaban J connectivity index is 1.96. The van der Waals surface area contributed by atoms with E-state index >= 15 is 0 Å². The molecule has 5 heteroatoms. The second kappa shape index (κ2) is 6.96. The number of likely N-dealkylation sites (tertiary alicyclic amines) is 1. The van der Waals surface area contributed by atoms with Crippen LogP contribution >= 0.6 is 0 Å². The van der Waals surface area contributed by atoms with Gasteiger partial charge in [0, 0.05) is 24.5 Å². The van der Waals surface area contributed by atoms with Crippen LogP contribution < -0.4 is 5.43 Å². The van der Waals surface area contributed by atoms with Crippen molar-refractivity contribution < 1.29 is 5.11 Å². The van der Waals surface area contributed by atoms with Gasteiger partial charge in [0.2, 0.25) is 5.43 Å². The highest BCUT2D eigenvalue weighted by Crippen LogP contribution is 2.20. The first kappa shape index (κ1) is 15.7. The number of aromatic hydroxyl groups is 1. The van der Waals surface area contributed by atoms with Crippen LogP contribution in [0.25, 0.3) is 0 Å². The molecule has 2 aromatic heterocycles. The minimum Gasteiger partial charge on any atom is -0.503 e. The Hall–Kier alpha value is -2.14. The zero-order chi connectivity index (χ0) is 16.2. The van der Waals surface area contributed by atoms with Gasteiger partial charge in [0.1, 0.15) is 0 Å². The van der Waals surface area contributed by atoms with Gasteiger partial charge in [0.15, 0.2) is 5.75 Å². The Morgan fingerprint density at radius 3 is 2.65 bits per heavy atom. The molecule has 1 aliphatic rings. The van der Waals surface area contributed by atoms with Gasteiger partial charge in [-0.2, -0.15) is 0 Å². The number of nitrogens with zero attached hydrogens (tertiary/aromatic N) is 3. The van der Waals surface area contributed by atoms with Crippen molar-refractivity contribution in [1.29, 1.82) is 0 Å². The summed E-state index contributed by atoms with van der Waals surface area (Å²) in [7, 11) is 0. The standard InChI is InChI=1S/C18H23N3O2/c1-14-11-17(22)18(23)16(13-20-9-5-2-6-10-20)21(14)12-15-7-3-4-8-19-15/h3-4,7-8,11,23H,2,5-6,9-10,12-13H2,1H3. The molecule has 0 unspecified atom stereocenters. The topological polar surface area (TPSA) is 58.4 Å². The van der Waals surface area contributed by atoms with E-state index in [2.05, 4.69) is 9.88 Å². The fourth-order valence-electron chi connectivity index (χ4n) is 3.18. The molecule has 1 fully saturated rings. The molecule has 122 valence electrons. The van der Waals surface area contributed by atoms with Gasteiger partial charge in [-0.3, -0.25) is 14.7 Å². The van der Waals surface area contributed by atoms with Crippen LogP contribution in [0.2, 0.25) is 0 Å². The molecule has 1 saturated heterocycles. The molecule has 0 spiro atoms. The molecular formula is C18H23N3O2. The fraction of sp³-hybridized carbons (Fsp3) is 0.444. The summed E-state index contributed by atoms with van der Waals surface area (Å²) in [5.41, 5.74) is 2.17. The van der Waals surface area contributed by atoms with Gasteiger partial charge in [-0.1, -0.05) is 12.5 Å². The minimum absolute atomic E-state index is 0.128. The summed E-state index contributed by atoms with van der Waals surface area (Å²) in [6.45, 7) is 5.11. The zero-order valence-corrected chi connectivity index (χ0v) is 13.5. The second-order valence-corrected chi connectivity index (χ2v) is 6.19. The third-order valence-corrected chi connectivity index (χ3v) is 4.47. The average Bonchev–Trinajstić information content (AvgIpc) is 2.58. The summed E-state index contributed by atoms with van der Waals surface area (Å²) < 4.78 is 2.01. The van der Waals surface area contributed by atoms with Gasteiger partial charge in [0.05, 0.1) is 17.9 Å². The van der Waals surface area contributed by atoms with Gasteiger partial charge in [-0.25, -0.2) is 0 Å². The average molecular weight is 313 g/mol. The van der Waals surface area contributed by atoms with E-state index in [0.29, 0.717) is 18.8 Å². The number of rotatable bonds is 4. The van der Waals surface area contributed by atoms with Crippen molar-refractivity contribution in [3.8, 4) is 5.75 Å². The lowest BCUT2D eigenvalue weighted by atomic mass is 10.1. The molecule has 0 saturated carbocycles. The van der Waals surface area contributed by atoms with Crippen LogP contribution in [-0.4, -0.2) is 32.6 Å². The summed E-state index contributed by atoms with van der Waals surface area (Å²) in [5, 5.41) is 10.3. The Kier molecular flexibility index (Phi) is 4.76. The molecule has 0 aromatic carbocycles. The van der Waals surface area contributed by atoms with Crippen LogP contribution in [0.5, 0.6) is 5.75 Å². The number of pyridine rings is 2. The second-order valence-electron chi connectivity index (χ2n) is 6.19. The van der Waals surface area contributed by atoms with Gasteiger partial charge in [-0.15, -0.1) is 0 Å². The molecule has 0 atom stereocenters. The number of piperidine rings is 1. The highest BCUT2D eigenvalue weighted by atomic mass is 16.3. The SMILES string of the molecule is Cc1cc(=O)c(O)c(CN2CCCCC2)n1Cc1ccccn1. The van der Waals surface area contributed by atoms with Gasteiger partial charge in [-0.05, 0) is 45.0 Å². The first-order chi connectivity index (χ1) is 11.1. The molecule has 0 amide bonds. The summed E-state index contributed by atoms with van der Waals surface area (Å²) >= 11 is 0. The van der Waals surface area contributed by atoms with Crippen LogP contribution in [0.4, 0.5) is 0 Å². The van der Waals surface area contributed by atoms with E-state index in [-0.39, 0.29) is 11.2 Å². The first-order valence-electron chi connectivity index (χ1n) is 8.19. The third kappa shape index (κ3) is 3.62. The molecule has 0 aliphatic carbocycles. The number of hydrogen-bond donors (Lipinski definition) is 1. The van der Waals surface area contributed by atoms with Crippen molar-refractivity contribution in [2.75, 3.05) is 13.1 Å². The maximum atomic E-state index is 12.0. The Labute approximate surface area is 136 Å². The first-order valence-corrected chi connectivity index (χ1v) is 8.19. The van der Waals surface area contributed by atoms with Crippen molar-refractivity contribution in [1.82, 2.24) is 14.5 Å². The lowest BCUT2D eigenvalue weighted by Gasteiger charge is -2.28. The van der Waals surface area contributed by atoms with Crippen molar-refractivity contribution in [2.24, 2.45) is 0 Å². The molecule has 5 nitrogen and oxygen atoms in total. The molecular weight excluding hydrogens is 290 g/mol. The predicted octanol–water partition coefficient (Wildman–Crippen LogP) is 2.29. The number of aromatic nitrogens is 2. The zero-order valence-electron chi connectivity index (χ0n) is 13.5. The van der Waals surface area contributed by atoms with E-state index in [1.807, 2.05) is 29.7 Å². The quantitative estimate of drug-likeness (QED) is 0.941. The van der Waals surface area contributed by atoms with E-state index in [1.165, 1.54) is 25.3 Å². The number of aryl methyl sites for hydroxylation is 1. The van der Waals surface area contributed by atoms with E-state index in [1.54, 1.807) is 6.20 Å². The molecule has 2 aromatic rings. The van der Waals surface area contributed by atoms with Gasteiger partial charge >= 0.3 is 0 Å². The van der Waals surface area contributed by atoms with Gasteiger partial charge < -0.3 is 9.67 Å². The lowest BCUT2D eigenvalue weighted by Crippen LogP contribution is -2.31. The molecule has 3 rings (SSSR count). The van der Waals surface area contributed by atoms with E-state index in [4.69, 9.17) is 0 Å². The van der Waals surface area contributed by atoms with Gasteiger partial charge in [0.25, 0.3) is 0 Å². The normalized spacial score (nSPS) is 15.7. The summed E-state index contributed by atoms with van der Waals surface area (Å²) in [4.78, 5) is 18.7. The number of hydrogen-bond acceptors (Lipinski definition) is 4. The van der Waals surface area contributed by atoms with Crippen molar-refractivity contribution >= 4 is 0 Å². The van der Waals surface area contributed by atoms with Crippen LogP contribution in [0.15, 0.2) is 35.3 Å².